The van der Waals surface area contributed by atoms with Crippen LogP contribution in [0.25, 0.3) is 0 Å². The molecule has 4 nitrogen and oxygen atoms in total. The summed E-state index contributed by atoms with van der Waals surface area (Å²) in [4.78, 5) is 13.6. The van der Waals surface area contributed by atoms with Crippen molar-refractivity contribution in [2.45, 2.75) is 26.3 Å². The Bertz CT molecular complexity index is 184. The van der Waals surface area contributed by atoms with Crippen LogP contribution in [0, 0.1) is 0 Å². The lowest BCUT2D eigenvalue weighted by Gasteiger charge is -2.31. The molecule has 0 radical (unpaired) electrons. The molecule has 14 heavy (non-hydrogen) atoms. The topological polar surface area (TPSA) is 44.4 Å². The minimum atomic E-state index is 0.165. The molecule has 1 rings (SSSR count). The maximum atomic E-state index is 11.2. The summed E-state index contributed by atoms with van der Waals surface area (Å²) >= 11 is 0. The second-order valence-corrected chi connectivity index (χ2v) is 3.86. The van der Waals surface area contributed by atoms with Gasteiger partial charge in [0.2, 0.25) is 5.91 Å². The van der Waals surface area contributed by atoms with Crippen LogP contribution >= 0.6 is 0 Å². The van der Waals surface area contributed by atoms with E-state index in [0.29, 0.717) is 12.5 Å². The molecule has 1 unspecified atom stereocenters. The van der Waals surface area contributed by atoms with Crippen molar-refractivity contribution < 1.29 is 4.79 Å². The van der Waals surface area contributed by atoms with Crippen LogP contribution in [0.1, 0.15) is 20.3 Å². The second-order valence-electron chi connectivity index (χ2n) is 3.86. The van der Waals surface area contributed by atoms with E-state index in [9.17, 15) is 4.79 Å². The maximum absolute atomic E-state index is 11.2. The van der Waals surface area contributed by atoms with E-state index in [2.05, 4.69) is 22.5 Å². The van der Waals surface area contributed by atoms with E-state index in [-0.39, 0.29) is 5.91 Å². The molecule has 0 bridgehead atoms. The molecular weight excluding hydrogens is 178 g/mol. The fraction of sp³-hybridized carbons (Fsp3) is 0.900. The first-order chi connectivity index (χ1) is 6.72. The first-order valence-electron chi connectivity index (χ1n) is 5.44. The quantitative estimate of drug-likeness (QED) is 0.659. The van der Waals surface area contributed by atoms with E-state index in [4.69, 9.17) is 0 Å². The van der Waals surface area contributed by atoms with Crippen LogP contribution in [0.4, 0.5) is 0 Å². The van der Waals surface area contributed by atoms with Crippen LogP contribution < -0.4 is 10.6 Å². The normalized spacial score (nSPS) is 23.4. The Labute approximate surface area is 86.0 Å². The molecule has 0 aromatic carbocycles. The molecule has 1 saturated heterocycles. The number of rotatable bonds is 4. The van der Waals surface area contributed by atoms with Gasteiger partial charge in [0.25, 0.3) is 0 Å². The van der Waals surface area contributed by atoms with Crippen molar-refractivity contribution in [3.63, 3.8) is 0 Å². The first-order valence-corrected chi connectivity index (χ1v) is 5.44. The highest BCUT2D eigenvalue weighted by Crippen LogP contribution is 1.99. The van der Waals surface area contributed by atoms with Gasteiger partial charge in [0.15, 0.2) is 0 Å². The molecule has 1 heterocycles. The number of piperazine rings is 1. The number of amides is 1. The van der Waals surface area contributed by atoms with Crippen LogP contribution in [0.2, 0.25) is 0 Å². The minimum absolute atomic E-state index is 0.165. The van der Waals surface area contributed by atoms with Crippen molar-refractivity contribution in [1.29, 1.82) is 0 Å². The van der Waals surface area contributed by atoms with E-state index in [1.165, 1.54) is 0 Å². The zero-order valence-electron chi connectivity index (χ0n) is 9.18. The third-order valence-electron chi connectivity index (χ3n) is 2.48. The SMILES string of the molecule is CCNC(=O)CCN1CCNC(C)C1. The van der Waals surface area contributed by atoms with Gasteiger partial charge in [-0.2, -0.15) is 0 Å². The highest BCUT2D eigenvalue weighted by atomic mass is 16.1. The van der Waals surface area contributed by atoms with E-state index < -0.39 is 0 Å². The molecule has 0 spiro atoms. The average molecular weight is 199 g/mol. The van der Waals surface area contributed by atoms with Crippen molar-refractivity contribution in [2.24, 2.45) is 0 Å². The van der Waals surface area contributed by atoms with E-state index in [1.54, 1.807) is 0 Å². The zero-order chi connectivity index (χ0) is 10.4. The number of carbonyl (C=O) groups excluding carboxylic acids is 1. The Hall–Kier alpha value is -0.610. The summed E-state index contributed by atoms with van der Waals surface area (Å²) in [6, 6.07) is 0.554. The Balaban J connectivity index is 2.14. The molecule has 1 aliphatic heterocycles. The Morgan fingerprint density at radius 2 is 2.43 bits per heavy atom. The number of hydrogen-bond acceptors (Lipinski definition) is 3. The fourth-order valence-corrected chi connectivity index (χ4v) is 1.76. The van der Waals surface area contributed by atoms with E-state index >= 15 is 0 Å². The van der Waals surface area contributed by atoms with E-state index in [1.807, 2.05) is 6.92 Å². The summed E-state index contributed by atoms with van der Waals surface area (Å²) in [5, 5.41) is 6.20. The summed E-state index contributed by atoms with van der Waals surface area (Å²) in [6.07, 6.45) is 0.626. The molecule has 1 atom stereocenters. The zero-order valence-corrected chi connectivity index (χ0v) is 9.18. The van der Waals surface area contributed by atoms with Gasteiger partial charge in [-0.05, 0) is 13.8 Å². The summed E-state index contributed by atoms with van der Waals surface area (Å²) in [6.45, 7) is 8.90. The molecule has 82 valence electrons. The van der Waals surface area contributed by atoms with E-state index in [0.717, 1.165) is 32.7 Å². The van der Waals surface area contributed by atoms with Gasteiger partial charge in [-0.3, -0.25) is 4.79 Å². The van der Waals surface area contributed by atoms with Crippen LogP contribution in [-0.4, -0.2) is 49.6 Å². The van der Waals surface area contributed by atoms with Gasteiger partial charge in [-0.25, -0.2) is 0 Å². The summed E-state index contributed by atoms with van der Waals surface area (Å²) in [7, 11) is 0. The highest BCUT2D eigenvalue weighted by molar-refractivity contribution is 5.75. The van der Waals surface area contributed by atoms with Gasteiger partial charge in [-0.1, -0.05) is 0 Å². The van der Waals surface area contributed by atoms with Crippen molar-refractivity contribution >= 4 is 5.91 Å². The van der Waals surface area contributed by atoms with Crippen LogP contribution in [0.3, 0.4) is 0 Å². The number of nitrogens with zero attached hydrogens (tertiary/aromatic N) is 1. The molecule has 1 amide bonds. The van der Waals surface area contributed by atoms with Gasteiger partial charge in [0.1, 0.15) is 0 Å². The number of carbonyl (C=O) groups is 1. The third kappa shape index (κ3) is 4.07. The predicted molar refractivity (Wildman–Crippen MR) is 57.2 cm³/mol. The molecule has 1 aliphatic rings. The summed E-state index contributed by atoms with van der Waals surface area (Å²) in [5.41, 5.74) is 0. The molecule has 1 fully saturated rings. The lowest BCUT2D eigenvalue weighted by molar-refractivity contribution is -0.121. The van der Waals surface area contributed by atoms with Crippen LogP contribution in [0.15, 0.2) is 0 Å². The van der Waals surface area contributed by atoms with Crippen molar-refractivity contribution in [2.75, 3.05) is 32.7 Å². The lowest BCUT2D eigenvalue weighted by Crippen LogP contribution is -2.49. The molecule has 0 aromatic rings. The molecule has 0 aromatic heterocycles. The van der Waals surface area contributed by atoms with Gasteiger partial charge in [0.05, 0.1) is 0 Å². The second kappa shape index (κ2) is 5.98. The minimum Gasteiger partial charge on any atom is -0.356 e. The molecule has 0 aliphatic carbocycles. The van der Waals surface area contributed by atoms with Crippen molar-refractivity contribution in [3.8, 4) is 0 Å². The van der Waals surface area contributed by atoms with Crippen molar-refractivity contribution in [1.82, 2.24) is 15.5 Å². The summed E-state index contributed by atoms with van der Waals surface area (Å²) in [5.74, 6) is 0.165. The maximum Gasteiger partial charge on any atom is 0.221 e. The van der Waals surface area contributed by atoms with Gasteiger partial charge in [-0.15, -0.1) is 0 Å². The Morgan fingerprint density at radius 3 is 3.07 bits per heavy atom. The van der Waals surface area contributed by atoms with Gasteiger partial charge < -0.3 is 15.5 Å². The Morgan fingerprint density at radius 1 is 1.64 bits per heavy atom. The highest BCUT2D eigenvalue weighted by Gasteiger charge is 2.15. The number of nitrogens with one attached hydrogen (secondary N) is 2. The standard InChI is InChI=1S/C10H21N3O/c1-3-11-10(14)4-6-13-7-5-12-9(2)8-13/h9,12H,3-8H2,1-2H3,(H,11,14). The molecule has 2 N–H and O–H groups in total. The Kier molecular flexibility index (Phi) is 4.90. The smallest absolute Gasteiger partial charge is 0.221 e. The fourth-order valence-electron chi connectivity index (χ4n) is 1.76. The predicted octanol–water partition coefficient (Wildman–Crippen LogP) is -0.194. The third-order valence-corrected chi connectivity index (χ3v) is 2.48. The number of hydrogen-bond donors (Lipinski definition) is 2. The largest absolute Gasteiger partial charge is 0.356 e. The van der Waals surface area contributed by atoms with Gasteiger partial charge in [0, 0.05) is 45.2 Å². The average Bonchev–Trinajstić information content (AvgIpc) is 2.15. The lowest BCUT2D eigenvalue weighted by atomic mass is 10.2. The monoisotopic (exact) mass is 199 g/mol. The molecular formula is C10H21N3O. The van der Waals surface area contributed by atoms with Crippen molar-refractivity contribution in [3.05, 3.63) is 0 Å². The molecule has 4 heteroatoms. The van der Waals surface area contributed by atoms with Crippen LogP contribution in [-0.2, 0) is 4.79 Å². The summed E-state index contributed by atoms with van der Waals surface area (Å²) < 4.78 is 0. The first kappa shape index (κ1) is 11.5. The van der Waals surface area contributed by atoms with Crippen LogP contribution in [0.5, 0.6) is 0 Å². The molecule has 0 saturated carbocycles. The van der Waals surface area contributed by atoms with Gasteiger partial charge >= 0.3 is 0 Å².